The summed E-state index contributed by atoms with van der Waals surface area (Å²) >= 11 is 0. The van der Waals surface area contributed by atoms with Gasteiger partial charge in [-0.2, -0.15) is 0 Å². The minimum absolute atomic E-state index is 0.0529. The Morgan fingerprint density at radius 3 is 2.44 bits per heavy atom. The number of hydrogen-bond donors (Lipinski definition) is 1. The fraction of sp³-hybridized carbons (Fsp3) is 0.250. The van der Waals surface area contributed by atoms with E-state index in [2.05, 4.69) is 5.32 Å². The molecule has 1 aliphatic heterocycles. The largest absolute Gasteiger partial charge is 0.494 e. The number of ether oxygens (including phenoxy) is 2. The zero-order valence-corrected chi connectivity index (χ0v) is 15.2. The van der Waals surface area contributed by atoms with E-state index in [-0.39, 0.29) is 17.0 Å². The van der Waals surface area contributed by atoms with Gasteiger partial charge in [0.15, 0.2) is 0 Å². The number of benzene rings is 2. The topological polar surface area (TPSA) is 84.9 Å². The second kappa shape index (κ2) is 7.90. The van der Waals surface area contributed by atoms with Crippen LogP contribution >= 0.6 is 0 Å². The van der Waals surface area contributed by atoms with Crippen molar-refractivity contribution in [2.75, 3.05) is 31.0 Å². The predicted molar refractivity (Wildman–Crippen MR) is 100 cm³/mol. The summed E-state index contributed by atoms with van der Waals surface area (Å²) < 4.78 is 10.1. The molecule has 1 aliphatic rings. The molecule has 3 rings (SSSR count). The van der Waals surface area contributed by atoms with Gasteiger partial charge in [-0.05, 0) is 30.7 Å². The highest BCUT2D eigenvalue weighted by Gasteiger charge is 2.25. The summed E-state index contributed by atoms with van der Waals surface area (Å²) in [5, 5.41) is 2.75. The van der Waals surface area contributed by atoms with Crippen LogP contribution in [0.1, 0.15) is 33.6 Å². The van der Waals surface area contributed by atoms with Crippen LogP contribution in [-0.4, -0.2) is 38.5 Å². The van der Waals surface area contributed by atoms with Crippen LogP contribution in [0.4, 0.5) is 11.4 Å². The van der Waals surface area contributed by atoms with Crippen molar-refractivity contribution in [2.45, 2.75) is 12.8 Å². The Hall–Kier alpha value is -3.35. The molecular formula is C20H20N2O5. The number of carbonyl (C=O) groups is 3. The van der Waals surface area contributed by atoms with Crippen molar-refractivity contribution in [3.05, 3.63) is 53.6 Å². The van der Waals surface area contributed by atoms with Crippen molar-refractivity contribution in [1.29, 1.82) is 0 Å². The zero-order chi connectivity index (χ0) is 19.4. The maximum absolute atomic E-state index is 12.6. The predicted octanol–water partition coefficient (Wildman–Crippen LogP) is 2.86. The van der Waals surface area contributed by atoms with E-state index in [1.165, 1.54) is 20.3 Å². The summed E-state index contributed by atoms with van der Waals surface area (Å²) in [5.41, 5.74) is 1.56. The lowest BCUT2D eigenvalue weighted by atomic mass is 10.1. The van der Waals surface area contributed by atoms with Crippen molar-refractivity contribution in [3.63, 3.8) is 0 Å². The first kappa shape index (κ1) is 18.4. The lowest BCUT2D eigenvalue weighted by Crippen LogP contribution is -2.24. The average molecular weight is 368 g/mol. The van der Waals surface area contributed by atoms with Gasteiger partial charge in [0, 0.05) is 24.7 Å². The number of nitrogens with one attached hydrogen (secondary N) is 1. The molecule has 1 fully saturated rings. The van der Waals surface area contributed by atoms with E-state index in [0.717, 1.165) is 6.42 Å². The molecule has 1 N–H and O–H groups in total. The van der Waals surface area contributed by atoms with Gasteiger partial charge in [-0.1, -0.05) is 12.1 Å². The summed E-state index contributed by atoms with van der Waals surface area (Å²) in [6, 6.07) is 11.5. The number of carbonyl (C=O) groups excluding carboxylic acids is 3. The highest BCUT2D eigenvalue weighted by molar-refractivity contribution is 6.11. The van der Waals surface area contributed by atoms with Crippen LogP contribution in [0.15, 0.2) is 42.5 Å². The Balaban J connectivity index is 1.85. The van der Waals surface area contributed by atoms with Gasteiger partial charge in [0.2, 0.25) is 5.91 Å². The first-order valence-corrected chi connectivity index (χ1v) is 8.52. The monoisotopic (exact) mass is 368 g/mol. The van der Waals surface area contributed by atoms with Crippen molar-refractivity contribution >= 4 is 29.2 Å². The molecule has 0 radical (unpaired) electrons. The minimum Gasteiger partial charge on any atom is -0.494 e. The third kappa shape index (κ3) is 3.76. The highest BCUT2D eigenvalue weighted by Crippen LogP contribution is 2.34. The van der Waals surface area contributed by atoms with Crippen LogP contribution in [0.3, 0.4) is 0 Å². The van der Waals surface area contributed by atoms with Crippen LogP contribution in [0, 0.1) is 0 Å². The summed E-state index contributed by atoms with van der Waals surface area (Å²) in [6.07, 6.45) is 1.33. The van der Waals surface area contributed by atoms with E-state index in [0.29, 0.717) is 30.1 Å². The molecule has 2 aromatic carbocycles. The smallest absolute Gasteiger partial charge is 0.338 e. The van der Waals surface area contributed by atoms with Crippen molar-refractivity contribution in [1.82, 2.24) is 0 Å². The second-order valence-electron chi connectivity index (χ2n) is 6.03. The molecule has 7 nitrogen and oxygen atoms in total. The molecule has 140 valence electrons. The number of anilines is 2. The standard InChI is InChI=1S/C20H20N2O5/c1-26-17-12-13(9-10-16(17)22-11-5-8-18(22)23)21-19(24)14-6-3-4-7-15(14)20(25)27-2/h3-4,6-7,9-10,12H,5,8,11H2,1-2H3,(H,21,24). The number of methoxy groups -OCH3 is 2. The molecule has 1 heterocycles. The van der Waals surface area contributed by atoms with E-state index in [1.54, 1.807) is 41.3 Å². The number of amides is 2. The Labute approximate surface area is 156 Å². The van der Waals surface area contributed by atoms with Gasteiger partial charge in [0.05, 0.1) is 31.0 Å². The molecular weight excluding hydrogens is 348 g/mol. The molecule has 2 aromatic rings. The van der Waals surface area contributed by atoms with Crippen molar-refractivity contribution in [2.24, 2.45) is 0 Å². The quantitative estimate of drug-likeness (QED) is 0.821. The lowest BCUT2D eigenvalue weighted by molar-refractivity contribution is -0.117. The molecule has 0 unspecified atom stereocenters. The molecule has 7 heteroatoms. The normalized spacial score (nSPS) is 13.4. The lowest BCUT2D eigenvalue weighted by Gasteiger charge is -2.19. The minimum atomic E-state index is -0.582. The van der Waals surface area contributed by atoms with E-state index >= 15 is 0 Å². The van der Waals surface area contributed by atoms with E-state index in [9.17, 15) is 14.4 Å². The molecule has 2 amide bonds. The van der Waals surface area contributed by atoms with Crippen LogP contribution in [0.5, 0.6) is 5.75 Å². The van der Waals surface area contributed by atoms with Crippen LogP contribution in [0.25, 0.3) is 0 Å². The SMILES string of the molecule is COC(=O)c1ccccc1C(=O)Nc1ccc(N2CCCC2=O)c(OC)c1. The van der Waals surface area contributed by atoms with Crippen LogP contribution < -0.4 is 15.0 Å². The van der Waals surface area contributed by atoms with Crippen molar-refractivity contribution in [3.8, 4) is 5.75 Å². The van der Waals surface area contributed by atoms with Gasteiger partial charge >= 0.3 is 5.97 Å². The summed E-state index contributed by atoms with van der Waals surface area (Å²) in [7, 11) is 2.78. The second-order valence-corrected chi connectivity index (χ2v) is 6.03. The van der Waals surface area contributed by atoms with Gasteiger partial charge in [0.25, 0.3) is 5.91 Å². The van der Waals surface area contributed by atoms with E-state index < -0.39 is 11.9 Å². The maximum atomic E-state index is 12.6. The third-order valence-electron chi connectivity index (χ3n) is 4.38. The summed E-state index contributed by atoms with van der Waals surface area (Å²) in [6.45, 7) is 0.646. The number of rotatable bonds is 5. The zero-order valence-electron chi connectivity index (χ0n) is 15.2. The maximum Gasteiger partial charge on any atom is 0.338 e. The average Bonchev–Trinajstić information content (AvgIpc) is 3.12. The highest BCUT2D eigenvalue weighted by atomic mass is 16.5. The fourth-order valence-electron chi connectivity index (χ4n) is 3.05. The Kier molecular flexibility index (Phi) is 5.40. The van der Waals surface area contributed by atoms with Gasteiger partial charge in [0.1, 0.15) is 5.75 Å². The molecule has 27 heavy (non-hydrogen) atoms. The number of nitrogens with zero attached hydrogens (tertiary/aromatic N) is 1. The molecule has 0 saturated carbocycles. The molecule has 0 aliphatic carbocycles. The van der Waals surface area contributed by atoms with E-state index in [1.807, 2.05) is 0 Å². The molecule has 1 saturated heterocycles. The molecule has 0 spiro atoms. The molecule has 0 aromatic heterocycles. The fourth-order valence-corrected chi connectivity index (χ4v) is 3.05. The Bertz CT molecular complexity index is 894. The van der Waals surface area contributed by atoms with Crippen LogP contribution in [-0.2, 0) is 9.53 Å². The summed E-state index contributed by atoms with van der Waals surface area (Å²) in [4.78, 5) is 38.1. The third-order valence-corrected chi connectivity index (χ3v) is 4.38. The first-order valence-electron chi connectivity index (χ1n) is 8.52. The Morgan fingerprint density at radius 2 is 1.81 bits per heavy atom. The van der Waals surface area contributed by atoms with Gasteiger partial charge in [-0.3, -0.25) is 9.59 Å². The summed E-state index contributed by atoms with van der Waals surface area (Å²) in [5.74, 6) is -0.481. The first-order chi connectivity index (χ1) is 13.0. The van der Waals surface area contributed by atoms with Gasteiger partial charge < -0.3 is 19.7 Å². The number of esters is 1. The Morgan fingerprint density at radius 1 is 1.07 bits per heavy atom. The molecule has 0 bridgehead atoms. The van der Waals surface area contributed by atoms with E-state index in [4.69, 9.17) is 9.47 Å². The van der Waals surface area contributed by atoms with Crippen LogP contribution in [0.2, 0.25) is 0 Å². The number of hydrogen-bond acceptors (Lipinski definition) is 5. The van der Waals surface area contributed by atoms with Crippen molar-refractivity contribution < 1.29 is 23.9 Å². The molecule has 0 atom stereocenters. The van der Waals surface area contributed by atoms with Gasteiger partial charge in [-0.15, -0.1) is 0 Å². The van der Waals surface area contributed by atoms with Gasteiger partial charge in [-0.25, -0.2) is 4.79 Å².